The van der Waals surface area contributed by atoms with Crippen molar-refractivity contribution in [1.82, 2.24) is 25.4 Å². The van der Waals surface area contributed by atoms with E-state index in [1.807, 2.05) is 0 Å². The van der Waals surface area contributed by atoms with Gasteiger partial charge in [0.1, 0.15) is 12.0 Å². The van der Waals surface area contributed by atoms with Crippen molar-refractivity contribution >= 4 is 0 Å². The lowest BCUT2D eigenvalue weighted by Gasteiger charge is -1.97. The van der Waals surface area contributed by atoms with Crippen LogP contribution in [0.3, 0.4) is 0 Å². The third-order valence-corrected chi connectivity index (χ3v) is 2.05. The first-order valence-corrected chi connectivity index (χ1v) is 5.16. The van der Waals surface area contributed by atoms with Crippen LogP contribution in [0.25, 0.3) is 11.5 Å². The van der Waals surface area contributed by atoms with Crippen molar-refractivity contribution < 1.29 is 9.26 Å². The van der Waals surface area contributed by atoms with E-state index >= 15 is 0 Å². The molecule has 2 aromatic rings. The average Bonchev–Trinajstić information content (AvgIpc) is 2.88. The molecule has 0 atom stereocenters. The number of nitrogens with zero attached hydrogens (tertiary/aromatic N) is 4. The molecule has 2 aromatic heterocycles. The normalized spacial score (nSPS) is 10.0. The van der Waals surface area contributed by atoms with Crippen LogP contribution in [0.2, 0.25) is 0 Å². The highest BCUT2D eigenvalue weighted by atomic mass is 16.5. The average molecular weight is 245 g/mol. The minimum absolute atomic E-state index is 0.383. The van der Waals surface area contributed by atoms with Gasteiger partial charge in [-0.25, -0.2) is 9.97 Å². The van der Waals surface area contributed by atoms with Gasteiger partial charge >= 0.3 is 0 Å². The van der Waals surface area contributed by atoms with Gasteiger partial charge in [-0.05, 0) is 0 Å². The molecule has 0 amide bonds. The molecule has 0 aliphatic carbocycles. The lowest BCUT2D eigenvalue weighted by atomic mass is 10.4. The molecule has 0 radical (unpaired) electrons. The predicted molar refractivity (Wildman–Crippen MR) is 62.4 cm³/mol. The lowest BCUT2D eigenvalue weighted by molar-refractivity contribution is 0.370. The summed E-state index contributed by atoms with van der Waals surface area (Å²) in [6.07, 6.45) is 6.49. The second kappa shape index (κ2) is 5.75. The van der Waals surface area contributed by atoms with Crippen molar-refractivity contribution in [3.05, 3.63) is 18.3 Å². The van der Waals surface area contributed by atoms with Crippen molar-refractivity contribution in [1.29, 1.82) is 0 Å². The Morgan fingerprint density at radius 1 is 1.50 bits per heavy atom. The molecule has 0 bridgehead atoms. The smallest absolute Gasteiger partial charge is 0.240 e. The molecule has 0 saturated carbocycles. The summed E-state index contributed by atoms with van der Waals surface area (Å²) in [6.45, 7) is 0.860. The Hall–Kier alpha value is -2.46. The van der Waals surface area contributed by atoms with E-state index in [0.29, 0.717) is 36.4 Å². The van der Waals surface area contributed by atoms with Crippen LogP contribution in [0.4, 0.5) is 0 Å². The summed E-state index contributed by atoms with van der Waals surface area (Å²) in [5.74, 6) is 3.72. The number of hydrogen-bond donors (Lipinski definition) is 1. The number of ether oxygens (including phenoxy) is 1. The maximum Gasteiger partial charge on any atom is 0.240 e. The van der Waals surface area contributed by atoms with Gasteiger partial charge in [-0.3, -0.25) is 5.32 Å². The minimum atomic E-state index is 0.383. The van der Waals surface area contributed by atoms with E-state index in [2.05, 4.69) is 31.3 Å². The van der Waals surface area contributed by atoms with E-state index in [1.54, 1.807) is 6.07 Å². The van der Waals surface area contributed by atoms with E-state index in [4.69, 9.17) is 15.7 Å². The maximum atomic E-state index is 5.11. The van der Waals surface area contributed by atoms with E-state index in [0.717, 1.165) is 0 Å². The van der Waals surface area contributed by atoms with Crippen LogP contribution in [-0.4, -0.2) is 33.8 Å². The lowest BCUT2D eigenvalue weighted by Crippen LogP contribution is -2.13. The van der Waals surface area contributed by atoms with Crippen LogP contribution in [0, 0.1) is 12.3 Å². The summed E-state index contributed by atoms with van der Waals surface area (Å²) in [5, 5.41) is 6.77. The second-order valence-corrected chi connectivity index (χ2v) is 3.27. The Morgan fingerprint density at radius 3 is 3.17 bits per heavy atom. The van der Waals surface area contributed by atoms with E-state index in [-0.39, 0.29) is 0 Å². The highest BCUT2D eigenvalue weighted by molar-refractivity contribution is 5.48. The summed E-state index contributed by atoms with van der Waals surface area (Å²) in [4.78, 5) is 12.1. The fourth-order valence-corrected chi connectivity index (χ4v) is 1.25. The van der Waals surface area contributed by atoms with Crippen LogP contribution in [0.15, 0.2) is 16.9 Å². The predicted octanol–water partition coefficient (Wildman–Crippen LogP) is 0.258. The number of hydrogen-bond acceptors (Lipinski definition) is 7. The van der Waals surface area contributed by atoms with Crippen LogP contribution in [-0.2, 0) is 6.54 Å². The van der Waals surface area contributed by atoms with Gasteiger partial charge in [-0.2, -0.15) is 4.98 Å². The van der Waals surface area contributed by atoms with Gasteiger partial charge in [0.2, 0.25) is 17.6 Å². The molecule has 1 N–H and O–H groups in total. The maximum absolute atomic E-state index is 5.11. The molecule has 0 aliphatic rings. The van der Waals surface area contributed by atoms with Crippen LogP contribution < -0.4 is 10.1 Å². The summed E-state index contributed by atoms with van der Waals surface area (Å²) < 4.78 is 10.0. The Balaban J connectivity index is 2.11. The van der Waals surface area contributed by atoms with E-state index < -0.39 is 0 Å². The zero-order valence-corrected chi connectivity index (χ0v) is 9.75. The quantitative estimate of drug-likeness (QED) is 0.597. The molecular formula is C11H11N5O2. The molecule has 2 rings (SSSR count). The zero-order valence-electron chi connectivity index (χ0n) is 9.75. The van der Waals surface area contributed by atoms with Gasteiger partial charge in [-0.15, -0.1) is 6.42 Å². The van der Waals surface area contributed by atoms with Gasteiger partial charge < -0.3 is 9.26 Å². The van der Waals surface area contributed by atoms with Crippen LogP contribution in [0.5, 0.6) is 5.88 Å². The minimum Gasteiger partial charge on any atom is -0.481 e. The Bertz CT molecular complexity index is 561. The molecule has 0 saturated heterocycles. The largest absolute Gasteiger partial charge is 0.481 e. The molecule has 0 fully saturated rings. The van der Waals surface area contributed by atoms with Crippen LogP contribution in [0.1, 0.15) is 5.89 Å². The molecule has 0 unspecified atom stereocenters. The molecular weight excluding hydrogens is 234 g/mol. The molecule has 2 heterocycles. The van der Waals surface area contributed by atoms with Gasteiger partial charge in [0.25, 0.3) is 0 Å². The summed E-state index contributed by atoms with van der Waals surface area (Å²) in [6, 6.07) is 1.63. The number of nitrogens with one attached hydrogen (secondary N) is 1. The Kier molecular flexibility index (Phi) is 3.83. The highest BCUT2D eigenvalue weighted by Crippen LogP contribution is 2.16. The van der Waals surface area contributed by atoms with Gasteiger partial charge in [0.15, 0.2) is 0 Å². The SMILES string of the molecule is C#CCNCc1nc(-c2cc(OC)ncn2)no1. The first-order chi connectivity index (χ1) is 8.83. The standard InChI is InChI=1S/C11H11N5O2/c1-3-4-12-6-10-15-11(16-18-10)8-5-9(17-2)14-7-13-8/h1,5,7,12H,4,6H2,2H3. The van der Waals surface area contributed by atoms with Crippen molar-refractivity contribution in [2.24, 2.45) is 0 Å². The first kappa shape index (κ1) is 12.0. The van der Waals surface area contributed by atoms with Gasteiger partial charge in [0, 0.05) is 6.07 Å². The molecule has 18 heavy (non-hydrogen) atoms. The summed E-state index contributed by atoms with van der Waals surface area (Å²) in [5.41, 5.74) is 0.536. The van der Waals surface area contributed by atoms with E-state index in [9.17, 15) is 0 Å². The zero-order chi connectivity index (χ0) is 12.8. The van der Waals surface area contributed by atoms with Crippen molar-refractivity contribution in [2.45, 2.75) is 6.54 Å². The summed E-state index contributed by atoms with van der Waals surface area (Å²) >= 11 is 0. The van der Waals surface area contributed by atoms with Crippen LogP contribution >= 0.6 is 0 Å². The highest BCUT2D eigenvalue weighted by Gasteiger charge is 2.10. The van der Waals surface area contributed by atoms with Gasteiger partial charge in [-0.1, -0.05) is 11.1 Å². The number of terminal acetylenes is 1. The van der Waals surface area contributed by atoms with Crippen molar-refractivity contribution in [2.75, 3.05) is 13.7 Å². The Morgan fingerprint density at radius 2 is 2.39 bits per heavy atom. The molecule has 7 nitrogen and oxygen atoms in total. The Labute approximate surface area is 104 Å². The second-order valence-electron chi connectivity index (χ2n) is 3.27. The molecule has 0 aromatic carbocycles. The molecule has 0 aliphatic heterocycles. The first-order valence-electron chi connectivity index (χ1n) is 5.16. The molecule has 0 spiro atoms. The monoisotopic (exact) mass is 245 g/mol. The number of rotatable bonds is 5. The number of methoxy groups -OCH3 is 1. The fourth-order valence-electron chi connectivity index (χ4n) is 1.25. The van der Waals surface area contributed by atoms with Gasteiger partial charge in [0.05, 0.1) is 20.2 Å². The third kappa shape index (κ3) is 2.81. The van der Waals surface area contributed by atoms with E-state index in [1.165, 1.54) is 13.4 Å². The topological polar surface area (TPSA) is 86.0 Å². The fraction of sp³-hybridized carbons (Fsp3) is 0.273. The third-order valence-electron chi connectivity index (χ3n) is 2.05. The van der Waals surface area contributed by atoms with Crippen molar-refractivity contribution in [3.8, 4) is 29.7 Å². The number of aromatic nitrogens is 4. The van der Waals surface area contributed by atoms with Crippen molar-refractivity contribution in [3.63, 3.8) is 0 Å². The molecule has 92 valence electrons. The summed E-state index contributed by atoms with van der Waals surface area (Å²) in [7, 11) is 1.53. The molecule has 7 heteroatoms.